The minimum atomic E-state index is -0.346. The van der Waals surface area contributed by atoms with E-state index in [1.54, 1.807) is 193 Å². The molecule has 6 aliphatic rings. The molecule has 6 fully saturated rings. The zero-order valence-electron chi connectivity index (χ0n) is 30.9. The minimum absolute atomic E-state index is 0.0465. The molecule has 278 valence electrons. The van der Waals surface area contributed by atoms with E-state index in [0.29, 0.717) is 0 Å². The molecule has 0 nitrogen and oxygen atoms in total. The molecular formula is C43H75Cl2P2Ru+. The molecular weight excluding hydrogens is 750 g/mol. The third-order valence-electron chi connectivity index (χ3n) is 13.3. The van der Waals surface area contributed by atoms with Crippen LogP contribution in [0.2, 0.25) is 0 Å². The number of benzene rings is 1. The molecule has 0 N–H and O–H groups in total. The summed E-state index contributed by atoms with van der Waals surface area (Å²) in [4.78, 5) is 0. The van der Waals surface area contributed by atoms with Crippen LogP contribution in [0.1, 0.15) is 198 Å². The summed E-state index contributed by atoms with van der Waals surface area (Å²) >= 11 is -0.346. The van der Waals surface area contributed by atoms with Crippen molar-refractivity contribution in [3.05, 3.63) is 42.8 Å². The van der Waals surface area contributed by atoms with E-state index < -0.39 is 0 Å². The Balaban J connectivity index is 0.000000170. The van der Waals surface area contributed by atoms with E-state index in [1.807, 2.05) is 30.3 Å². The van der Waals surface area contributed by atoms with Crippen molar-refractivity contribution in [3.63, 3.8) is 0 Å². The van der Waals surface area contributed by atoms with Crippen LogP contribution in [0.25, 0.3) is 0 Å². The van der Waals surface area contributed by atoms with Gasteiger partial charge in [0.25, 0.3) is 0 Å². The third kappa shape index (κ3) is 15.3. The summed E-state index contributed by atoms with van der Waals surface area (Å²) in [5, 5.41) is 0. The maximum absolute atomic E-state index is 4.85. The van der Waals surface area contributed by atoms with Crippen LogP contribution in [0.4, 0.5) is 0 Å². The predicted molar refractivity (Wildman–Crippen MR) is 220 cm³/mol. The predicted octanol–water partition coefficient (Wildman–Crippen LogP) is 15.6. The quantitative estimate of drug-likeness (QED) is 0.152. The number of hydrogen-bond acceptors (Lipinski definition) is 0. The molecule has 7 rings (SSSR count). The van der Waals surface area contributed by atoms with Gasteiger partial charge in [-0.15, -0.1) is 12.1 Å². The molecule has 0 heterocycles. The van der Waals surface area contributed by atoms with Crippen molar-refractivity contribution in [1.29, 1.82) is 0 Å². The van der Waals surface area contributed by atoms with Gasteiger partial charge in [-0.05, 0) is 154 Å². The molecule has 5 heteroatoms. The molecule has 0 aliphatic heterocycles. The van der Waals surface area contributed by atoms with E-state index in [4.69, 9.17) is 19.4 Å². The molecule has 48 heavy (non-hydrogen) atoms. The van der Waals surface area contributed by atoms with Crippen molar-refractivity contribution in [2.24, 2.45) is 0 Å². The van der Waals surface area contributed by atoms with Gasteiger partial charge in [0, 0.05) is 15.8 Å². The third-order valence-corrected chi connectivity index (χ3v) is 22.4. The van der Waals surface area contributed by atoms with E-state index >= 15 is 0 Å². The molecule has 6 aliphatic carbocycles. The monoisotopic (exact) mass is 825 g/mol. The number of halogens is 2. The van der Waals surface area contributed by atoms with Crippen molar-refractivity contribution >= 4 is 35.2 Å². The SMILES string of the molecule is C1CCC([PH+](C2CCCCC2)C2CCCCC2)CC1.C1CCC([PH+](C2CCCCC2)C2CCCCC2)CC1.[CH2-]c1ccccc1.[Cl][Ru][Cl]. The molecule has 0 aromatic heterocycles. The van der Waals surface area contributed by atoms with E-state index in [0.717, 1.165) is 5.56 Å². The summed E-state index contributed by atoms with van der Waals surface area (Å²) in [5.74, 6) is 0. The summed E-state index contributed by atoms with van der Waals surface area (Å²) in [6, 6.07) is 9.87. The Morgan fingerprint density at radius 1 is 0.375 bits per heavy atom. The first-order chi connectivity index (χ1) is 23.7. The van der Waals surface area contributed by atoms with Gasteiger partial charge in [-0.3, -0.25) is 0 Å². The van der Waals surface area contributed by atoms with Crippen molar-refractivity contribution in [2.45, 2.75) is 227 Å². The van der Waals surface area contributed by atoms with Gasteiger partial charge >= 0.3 is 34.5 Å². The first-order valence-corrected chi connectivity index (χ1v) is 29.1. The number of hydrogen-bond donors (Lipinski definition) is 0. The Bertz CT molecular complexity index is 742. The van der Waals surface area contributed by atoms with Gasteiger partial charge in [-0.25, -0.2) is 0 Å². The van der Waals surface area contributed by atoms with Gasteiger partial charge < -0.3 is 0 Å². The molecule has 0 bridgehead atoms. The van der Waals surface area contributed by atoms with Gasteiger partial charge in [0.15, 0.2) is 0 Å². The summed E-state index contributed by atoms with van der Waals surface area (Å²) < 4.78 is 0. The molecule has 0 unspecified atom stereocenters. The topological polar surface area (TPSA) is 0 Å². The zero-order chi connectivity index (χ0) is 33.7. The van der Waals surface area contributed by atoms with Crippen molar-refractivity contribution in [2.75, 3.05) is 0 Å². The Morgan fingerprint density at radius 3 is 0.708 bits per heavy atom. The first-order valence-electron chi connectivity index (χ1n) is 21.2. The van der Waals surface area contributed by atoms with Crippen molar-refractivity contribution < 1.29 is 15.1 Å². The van der Waals surface area contributed by atoms with Gasteiger partial charge in [-0.1, -0.05) is 44.6 Å². The molecule has 0 amide bonds. The van der Waals surface area contributed by atoms with Gasteiger partial charge in [0.1, 0.15) is 0 Å². The van der Waals surface area contributed by atoms with Crippen LogP contribution in [-0.4, -0.2) is 34.0 Å². The molecule has 0 atom stereocenters. The zero-order valence-corrected chi connectivity index (χ0v) is 36.1. The maximum atomic E-state index is 4.85. The van der Waals surface area contributed by atoms with Gasteiger partial charge in [-0.2, -0.15) is 24.6 Å². The van der Waals surface area contributed by atoms with E-state index in [-0.39, 0.29) is 31.0 Å². The molecule has 6 saturated carbocycles. The van der Waals surface area contributed by atoms with Gasteiger partial charge in [0.05, 0.1) is 34.0 Å². The Morgan fingerprint density at radius 2 is 0.562 bits per heavy atom. The van der Waals surface area contributed by atoms with Crippen LogP contribution in [0.15, 0.2) is 30.3 Å². The van der Waals surface area contributed by atoms with Crippen LogP contribution in [-0.2, 0) is 15.1 Å². The normalized spacial score (nSPS) is 24.6. The second-order valence-corrected chi connectivity index (χ2v) is 26.1. The fourth-order valence-electron chi connectivity index (χ4n) is 11.1. The van der Waals surface area contributed by atoms with Crippen molar-refractivity contribution in [3.8, 4) is 0 Å². The van der Waals surface area contributed by atoms with E-state index in [2.05, 4.69) is 6.92 Å². The molecule has 0 saturated heterocycles. The second kappa shape index (κ2) is 26.0. The second-order valence-electron chi connectivity index (χ2n) is 16.5. The van der Waals surface area contributed by atoms with Gasteiger partial charge in [0.2, 0.25) is 0 Å². The van der Waals surface area contributed by atoms with Crippen LogP contribution in [0.3, 0.4) is 0 Å². The standard InChI is InChI=1S/2C18H33P.C7H7.2ClH.Ru/c2*1-4-10-16(11-5-1)19(17-12-6-2-7-13-17)18-14-8-3-9-15-18;1-7-5-3-2-4-6-7;;;/h2*16-18H,1-15H2;2-6H,1H2;2*1H;/q;;-1;;;+2. The van der Waals surface area contributed by atoms with Crippen LogP contribution in [0.5, 0.6) is 0 Å². The Labute approximate surface area is 317 Å². The first kappa shape index (κ1) is 41.9. The molecule has 1 aromatic rings. The van der Waals surface area contributed by atoms with E-state index in [9.17, 15) is 0 Å². The molecule has 0 spiro atoms. The average molecular weight is 826 g/mol. The Kier molecular flexibility index (Phi) is 22.7. The van der Waals surface area contributed by atoms with Crippen LogP contribution >= 0.6 is 35.2 Å². The van der Waals surface area contributed by atoms with Crippen LogP contribution < -0.4 is 0 Å². The average Bonchev–Trinajstić information content (AvgIpc) is 3.16. The molecule has 1 aromatic carbocycles. The summed E-state index contributed by atoms with van der Waals surface area (Å²) in [6.07, 6.45) is 47.6. The van der Waals surface area contributed by atoms with Crippen LogP contribution in [0, 0.1) is 6.92 Å². The number of rotatable bonds is 6. The fraction of sp³-hybridized carbons (Fsp3) is 0.837. The fourth-order valence-corrected chi connectivity index (χ4v) is 21.5. The summed E-state index contributed by atoms with van der Waals surface area (Å²) in [5.41, 5.74) is 8.43. The summed E-state index contributed by atoms with van der Waals surface area (Å²) in [7, 11) is 9.61. The summed E-state index contributed by atoms with van der Waals surface area (Å²) in [6.45, 7) is 3.72. The molecule has 0 radical (unpaired) electrons. The van der Waals surface area contributed by atoms with Crippen molar-refractivity contribution in [1.82, 2.24) is 0 Å². The Hall–Kier alpha value is 1.15. The van der Waals surface area contributed by atoms with E-state index in [1.165, 1.54) is 34.0 Å².